The molecule has 1 aromatic heterocycles. The molecule has 0 bridgehead atoms. The third-order valence-electron chi connectivity index (χ3n) is 2.32. The van der Waals surface area contributed by atoms with E-state index in [1.807, 2.05) is 0 Å². The van der Waals surface area contributed by atoms with Gasteiger partial charge in [0.1, 0.15) is 5.82 Å². The van der Waals surface area contributed by atoms with Gasteiger partial charge in [-0.2, -0.15) is 13.2 Å². The second-order valence-electron chi connectivity index (χ2n) is 3.62. The fraction of sp³-hybridized carbons (Fsp3) is 0.0833. The minimum Gasteiger partial charge on any atom is -0.418 e. The van der Waals surface area contributed by atoms with Crippen LogP contribution in [0.2, 0.25) is 5.02 Å². The predicted octanol–water partition coefficient (Wildman–Crippen LogP) is 4.12. The van der Waals surface area contributed by atoms with Gasteiger partial charge in [-0.05, 0) is 30.3 Å². The van der Waals surface area contributed by atoms with Gasteiger partial charge < -0.3 is 4.42 Å². The first-order valence-electron chi connectivity index (χ1n) is 4.96. The Labute approximate surface area is 109 Å². The molecule has 2 aromatic rings. The SMILES string of the molecule is O=c1oc(C(F)(F)F)ccc1-c1ccc(Cl)cc1F. The first-order chi connectivity index (χ1) is 8.79. The minimum atomic E-state index is -4.77. The summed E-state index contributed by atoms with van der Waals surface area (Å²) in [6.07, 6.45) is -4.77. The van der Waals surface area contributed by atoms with Crippen LogP contribution in [0.15, 0.2) is 39.5 Å². The standard InChI is InChI=1S/C12H5ClF4O2/c13-6-1-2-7(9(14)5-6)8-3-4-10(12(15,16)17)19-11(8)18/h1-5H. The average molecular weight is 293 g/mol. The van der Waals surface area contributed by atoms with Gasteiger partial charge in [-0.1, -0.05) is 11.6 Å². The maximum atomic E-state index is 13.6. The highest BCUT2D eigenvalue weighted by Gasteiger charge is 2.34. The molecule has 0 fully saturated rings. The van der Waals surface area contributed by atoms with Crippen LogP contribution in [0, 0.1) is 5.82 Å². The number of benzene rings is 1. The fourth-order valence-corrected chi connectivity index (χ4v) is 1.63. The number of alkyl halides is 3. The van der Waals surface area contributed by atoms with Crippen molar-refractivity contribution in [3.8, 4) is 11.1 Å². The minimum absolute atomic E-state index is 0.109. The second kappa shape index (κ2) is 4.70. The molecular formula is C12H5ClF4O2. The van der Waals surface area contributed by atoms with Crippen LogP contribution in [-0.2, 0) is 6.18 Å². The largest absolute Gasteiger partial charge is 0.449 e. The molecule has 0 radical (unpaired) electrons. The van der Waals surface area contributed by atoms with Gasteiger partial charge in [0.05, 0.1) is 5.56 Å². The van der Waals surface area contributed by atoms with E-state index in [1.54, 1.807) is 0 Å². The normalized spacial score (nSPS) is 11.6. The summed E-state index contributed by atoms with van der Waals surface area (Å²) in [6, 6.07) is 4.90. The Morgan fingerprint density at radius 3 is 2.21 bits per heavy atom. The van der Waals surface area contributed by atoms with E-state index in [4.69, 9.17) is 11.6 Å². The van der Waals surface area contributed by atoms with Crippen molar-refractivity contribution >= 4 is 11.6 Å². The third kappa shape index (κ3) is 2.78. The topological polar surface area (TPSA) is 30.2 Å². The van der Waals surface area contributed by atoms with Crippen LogP contribution >= 0.6 is 11.6 Å². The molecule has 0 N–H and O–H groups in total. The summed E-state index contributed by atoms with van der Waals surface area (Å²) in [5.41, 5.74) is -1.75. The molecule has 100 valence electrons. The molecule has 1 heterocycles. The Kier molecular flexibility index (Phi) is 3.36. The molecule has 0 saturated carbocycles. The van der Waals surface area contributed by atoms with E-state index in [0.717, 1.165) is 12.1 Å². The summed E-state index contributed by atoms with van der Waals surface area (Å²) in [7, 11) is 0. The van der Waals surface area contributed by atoms with E-state index in [-0.39, 0.29) is 16.1 Å². The molecule has 0 aliphatic rings. The van der Waals surface area contributed by atoms with Crippen molar-refractivity contribution in [2.75, 3.05) is 0 Å². The lowest BCUT2D eigenvalue weighted by Crippen LogP contribution is -2.12. The summed E-state index contributed by atoms with van der Waals surface area (Å²) in [5.74, 6) is -2.25. The van der Waals surface area contributed by atoms with Gasteiger partial charge in [0.15, 0.2) is 0 Å². The molecule has 0 spiro atoms. The molecule has 0 saturated heterocycles. The highest BCUT2D eigenvalue weighted by molar-refractivity contribution is 6.30. The molecule has 0 amide bonds. The zero-order valence-electron chi connectivity index (χ0n) is 9.09. The Morgan fingerprint density at radius 2 is 1.68 bits per heavy atom. The Hall–Kier alpha value is -1.82. The summed E-state index contributed by atoms with van der Waals surface area (Å²) in [4.78, 5) is 11.5. The molecule has 0 atom stereocenters. The second-order valence-corrected chi connectivity index (χ2v) is 4.06. The van der Waals surface area contributed by atoms with Gasteiger partial charge in [0, 0.05) is 10.6 Å². The monoisotopic (exact) mass is 292 g/mol. The molecule has 7 heteroatoms. The zero-order valence-corrected chi connectivity index (χ0v) is 9.85. The van der Waals surface area contributed by atoms with Gasteiger partial charge in [-0.25, -0.2) is 9.18 Å². The van der Waals surface area contributed by atoms with Crippen molar-refractivity contribution < 1.29 is 22.0 Å². The van der Waals surface area contributed by atoms with Crippen LogP contribution in [0.4, 0.5) is 17.6 Å². The van der Waals surface area contributed by atoms with Gasteiger partial charge >= 0.3 is 11.8 Å². The molecule has 2 nitrogen and oxygen atoms in total. The summed E-state index contributed by atoms with van der Waals surface area (Å²) in [5, 5.41) is 0.109. The van der Waals surface area contributed by atoms with Gasteiger partial charge in [0.25, 0.3) is 0 Å². The first kappa shape index (κ1) is 13.6. The molecule has 19 heavy (non-hydrogen) atoms. The van der Waals surface area contributed by atoms with E-state index in [0.29, 0.717) is 6.07 Å². The molecule has 0 unspecified atom stereocenters. The first-order valence-corrected chi connectivity index (χ1v) is 5.33. The van der Waals surface area contributed by atoms with Crippen LogP contribution in [-0.4, -0.2) is 0 Å². The van der Waals surface area contributed by atoms with Crippen molar-refractivity contribution in [1.82, 2.24) is 0 Å². The van der Waals surface area contributed by atoms with Gasteiger partial charge in [0.2, 0.25) is 5.76 Å². The lowest BCUT2D eigenvalue weighted by atomic mass is 10.1. The Morgan fingerprint density at radius 1 is 1.05 bits per heavy atom. The fourth-order valence-electron chi connectivity index (χ4n) is 1.48. The Bertz CT molecular complexity index is 676. The molecule has 2 rings (SSSR count). The summed E-state index contributed by atoms with van der Waals surface area (Å²) < 4.78 is 54.6. The zero-order chi connectivity index (χ0) is 14.2. The maximum Gasteiger partial charge on any atom is 0.449 e. The molecule has 0 aliphatic carbocycles. The molecule has 1 aromatic carbocycles. The maximum absolute atomic E-state index is 13.6. The van der Waals surface area contributed by atoms with Crippen LogP contribution in [0.3, 0.4) is 0 Å². The molecule has 0 aliphatic heterocycles. The smallest absolute Gasteiger partial charge is 0.418 e. The van der Waals surface area contributed by atoms with Crippen molar-refractivity contribution in [1.29, 1.82) is 0 Å². The van der Waals surface area contributed by atoms with Crippen LogP contribution < -0.4 is 5.63 Å². The van der Waals surface area contributed by atoms with Crippen molar-refractivity contribution in [2.24, 2.45) is 0 Å². The van der Waals surface area contributed by atoms with E-state index in [2.05, 4.69) is 4.42 Å². The summed E-state index contributed by atoms with van der Waals surface area (Å²) in [6.45, 7) is 0. The quantitative estimate of drug-likeness (QED) is 0.740. The Balaban J connectivity index is 2.56. The number of halogens is 5. The van der Waals surface area contributed by atoms with Gasteiger partial charge in [-0.3, -0.25) is 0 Å². The lowest BCUT2D eigenvalue weighted by Gasteiger charge is -2.06. The van der Waals surface area contributed by atoms with Crippen molar-refractivity contribution in [2.45, 2.75) is 6.18 Å². The van der Waals surface area contributed by atoms with E-state index >= 15 is 0 Å². The van der Waals surface area contributed by atoms with E-state index in [1.165, 1.54) is 12.1 Å². The van der Waals surface area contributed by atoms with Crippen molar-refractivity contribution in [3.63, 3.8) is 0 Å². The predicted molar refractivity (Wildman–Crippen MR) is 60.4 cm³/mol. The highest BCUT2D eigenvalue weighted by Crippen LogP contribution is 2.30. The number of hydrogen-bond acceptors (Lipinski definition) is 2. The van der Waals surface area contributed by atoms with E-state index < -0.39 is 23.4 Å². The third-order valence-corrected chi connectivity index (χ3v) is 2.56. The van der Waals surface area contributed by atoms with E-state index in [9.17, 15) is 22.4 Å². The lowest BCUT2D eigenvalue weighted by molar-refractivity contribution is -0.154. The number of rotatable bonds is 1. The highest BCUT2D eigenvalue weighted by atomic mass is 35.5. The van der Waals surface area contributed by atoms with Crippen LogP contribution in [0.5, 0.6) is 0 Å². The summed E-state index contributed by atoms with van der Waals surface area (Å²) >= 11 is 5.54. The number of hydrogen-bond donors (Lipinski definition) is 0. The van der Waals surface area contributed by atoms with Gasteiger partial charge in [-0.15, -0.1) is 0 Å². The van der Waals surface area contributed by atoms with Crippen LogP contribution in [0.25, 0.3) is 11.1 Å². The van der Waals surface area contributed by atoms with Crippen molar-refractivity contribution in [3.05, 3.63) is 57.4 Å². The average Bonchev–Trinajstić information content (AvgIpc) is 2.28. The molecular weight excluding hydrogens is 288 g/mol. The van der Waals surface area contributed by atoms with Crippen LogP contribution in [0.1, 0.15) is 5.76 Å².